The molecule has 0 unspecified atom stereocenters. The molecule has 0 aromatic heterocycles. The number of aliphatic hydroxyl groups is 1. The second kappa shape index (κ2) is 3.14. The van der Waals surface area contributed by atoms with Crippen molar-refractivity contribution in [2.75, 3.05) is 13.1 Å². The van der Waals surface area contributed by atoms with E-state index in [0.717, 1.165) is 0 Å². The number of ether oxygens (including phenoxy) is 1. The first-order chi connectivity index (χ1) is 5.38. The molecule has 0 aromatic rings. The molecule has 0 saturated carbocycles. The lowest BCUT2D eigenvalue weighted by atomic mass is 10.2. The maximum Gasteiger partial charge on any atom is 0.411 e. The summed E-state index contributed by atoms with van der Waals surface area (Å²) in [6.45, 7) is 4.10. The molecule has 4 nitrogen and oxygen atoms in total. The average molecular weight is 191 g/mol. The molecule has 1 rings (SSSR count). The summed E-state index contributed by atoms with van der Waals surface area (Å²) in [4.78, 5) is 11.8. The number of thiol groups is 1. The lowest BCUT2D eigenvalue weighted by Crippen LogP contribution is -2.54. The molecular weight excluding hydrogens is 178 g/mol. The van der Waals surface area contributed by atoms with Gasteiger partial charge in [0.1, 0.15) is 0 Å². The van der Waals surface area contributed by atoms with Crippen molar-refractivity contribution in [1.82, 2.24) is 4.90 Å². The van der Waals surface area contributed by atoms with Gasteiger partial charge in [-0.3, -0.25) is 0 Å². The van der Waals surface area contributed by atoms with Gasteiger partial charge in [0.15, 0.2) is 4.93 Å². The minimum absolute atomic E-state index is 0.364. The highest BCUT2D eigenvalue weighted by Crippen LogP contribution is 2.18. The van der Waals surface area contributed by atoms with Crippen molar-refractivity contribution in [2.45, 2.75) is 24.9 Å². The predicted octanol–water partition coefficient (Wildman–Crippen LogP) is 0.465. The number of hydrogen-bond donors (Lipinski definition) is 2. The molecule has 1 saturated heterocycles. The Morgan fingerprint density at radius 1 is 1.67 bits per heavy atom. The molecule has 1 aliphatic heterocycles. The van der Waals surface area contributed by atoms with Gasteiger partial charge in [0, 0.05) is 0 Å². The molecule has 1 fully saturated rings. The first-order valence-corrected chi connectivity index (χ1v) is 4.21. The molecule has 0 bridgehead atoms. The van der Waals surface area contributed by atoms with Crippen molar-refractivity contribution in [3.8, 4) is 0 Å². The quantitative estimate of drug-likeness (QED) is 0.468. The molecule has 0 atom stereocenters. The minimum atomic E-state index is -0.752. The van der Waals surface area contributed by atoms with Gasteiger partial charge in [-0.1, -0.05) is 0 Å². The van der Waals surface area contributed by atoms with Crippen molar-refractivity contribution < 1.29 is 14.6 Å². The molecule has 1 N–H and O–H groups in total. The van der Waals surface area contributed by atoms with Gasteiger partial charge in [0.2, 0.25) is 0 Å². The van der Waals surface area contributed by atoms with Crippen LogP contribution in [0.2, 0.25) is 0 Å². The summed E-state index contributed by atoms with van der Waals surface area (Å²) in [5.41, 5.74) is 0. The summed E-state index contributed by atoms with van der Waals surface area (Å²) in [7, 11) is 0. The number of likely N-dealkylation sites (tertiary alicyclic amines) is 1. The van der Waals surface area contributed by atoms with Gasteiger partial charge in [0.05, 0.1) is 19.2 Å². The molecule has 1 heterocycles. The van der Waals surface area contributed by atoms with Crippen LogP contribution in [0.5, 0.6) is 0 Å². The van der Waals surface area contributed by atoms with E-state index in [0.29, 0.717) is 13.1 Å². The maximum absolute atomic E-state index is 11.1. The van der Waals surface area contributed by atoms with E-state index >= 15 is 0 Å². The minimum Gasteiger partial charge on any atom is -0.433 e. The molecule has 12 heavy (non-hydrogen) atoms. The lowest BCUT2D eigenvalue weighted by molar-refractivity contribution is -0.0148. The zero-order valence-corrected chi connectivity index (χ0v) is 8.04. The van der Waals surface area contributed by atoms with Gasteiger partial charge in [-0.05, 0) is 13.8 Å². The van der Waals surface area contributed by atoms with Crippen LogP contribution in [0.15, 0.2) is 0 Å². The van der Waals surface area contributed by atoms with Gasteiger partial charge in [0.25, 0.3) is 0 Å². The first-order valence-electron chi connectivity index (χ1n) is 3.77. The van der Waals surface area contributed by atoms with E-state index in [4.69, 9.17) is 9.84 Å². The lowest BCUT2D eigenvalue weighted by Gasteiger charge is -2.36. The number of β-amino-alcohol motifs (C(OH)–C–C–N with tert-alkyl or cyclic N) is 1. The van der Waals surface area contributed by atoms with E-state index in [9.17, 15) is 4.79 Å². The summed E-state index contributed by atoms with van der Waals surface area (Å²) >= 11 is 4.04. The van der Waals surface area contributed by atoms with Crippen LogP contribution in [0.25, 0.3) is 0 Å². The SMILES string of the molecule is CC(C)(S)OC(=O)N1CC(O)C1. The normalized spacial score (nSPS) is 18.8. The molecule has 5 heteroatoms. The highest BCUT2D eigenvalue weighted by molar-refractivity contribution is 7.81. The Morgan fingerprint density at radius 2 is 2.17 bits per heavy atom. The Balaban J connectivity index is 2.30. The standard InChI is InChI=1S/C7H13NO3S/c1-7(2,12)11-6(10)8-3-5(9)4-8/h5,9,12H,3-4H2,1-2H3. The first kappa shape index (κ1) is 9.67. The number of aliphatic hydroxyl groups excluding tert-OH is 1. The Bertz CT molecular complexity index is 184. The summed E-state index contributed by atoms with van der Waals surface area (Å²) in [6, 6.07) is 0. The summed E-state index contributed by atoms with van der Waals surface area (Å²) < 4.78 is 4.93. The van der Waals surface area contributed by atoms with E-state index in [1.807, 2.05) is 0 Å². The fourth-order valence-electron chi connectivity index (χ4n) is 0.883. The second-order valence-corrected chi connectivity index (χ2v) is 4.45. The number of rotatable bonds is 1. The van der Waals surface area contributed by atoms with Crippen LogP contribution in [0, 0.1) is 0 Å². The van der Waals surface area contributed by atoms with Crippen LogP contribution in [0.3, 0.4) is 0 Å². The fourth-order valence-corrected chi connectivity index (χ4v) is 0.961. The number of carbonyl (C=O) groups excluding carboxylic acids is 1. The predicted molar refractivity (Wildman–Crippen MR) is 47.1 cm³/mol. The van der Waals surface area contributed by atoms with Crippen molar-refractivity contribution >= 4 is 18.7 Å². The maximum atomic E-state index is 11.1. The van der Waals surface area contributed by atoms with Gasteiger partial charge < -0.3 is 14.7 Å². The van der Waals surface area contributed by atoms with Gasteiger partial charge >= 0.3 is 6.09 Å². The van der Waals surface area contributed by atoms with Gasteiger partial charge in [-0.2, -0.15) is 0 Å². The van der Waals surface area contributed by atoms with Crippen LogP contribution in [0.1, 0.15) is 13.8 Å². The average Bonchev–Trinajstić information content (AvgIpc) is 1.76. The number of nitrogens with zero attached hydrogens (tertiary/aromatic N) is 1. The molecule has 0 aromatic carbocycles. The molecule has 0 aliphatic carbocycles. The third-order valence-electron chi connectivity index (χ3n) is 1.46. The Morgan fingerprint density at radius 3 is 2.50 bits per heavy atom. The van der Waals surface area contributed by atoms with Gasteiger partial charge in [-0.15, -0.1) is 12.6 Å². The topological polar surface area (TPSA) is 49.8 Å². The van der Waals surface area contributed by atoms with Crippen molar-refractivity contribution in [1.29, 1.82) is 0 Å². The summed E-state index contributed by atoms with van der Waals surface area (Å²) in [5.74, 6) is 0. The van der Waals surface area contributed by atoms with Crippen LogP contribution in [0.4, 0.5) is 4.79 Å². The molecule has 1 aliphatic rings. The van der Waals surface area contributed by atoms with E-state index < -0.39 is 11.0 Å². The van der Waals surface area contributed by atoms with Gasteiger partial charge in [-0.25, -0.2) is 4.79 Å². The molecular formula is C7H13NO3S. The zero-order valence-electron chi connectivity index (χ0n) is 7.15. The Hall–Kier alpha value is -0.420. The van der Waals surface area contributed by atoms with Crippen LogP contribution < -0.4 is 0 Å². The third kappa shape index (κ3) is 2.57. The molecule has 0 radical (unpaired) electrons. The Labute approximate surface area is 76.9 Å². The van der Waals surface area contributed by atoms with E-state index in [1.165, 1.54) is 4.90 Å². The van der Waals surface area contributed by atoms with Crippen molar-refractivity contribution in [3.63, 3.8) is 0 Å². The molecule has 0 spiro atoms. The highest BCUT2D eigenvalue weighted by Gasteiger charge is 2.32. The fraction of sp³-hybridized carbons (Fsp3) is 0.857. The summed E-state index contributed by atoms with van der Waals surface area (Å²) in [6.07, 6.45) is -0.805. The van der Waals surface area contributed by atoms with Crippen LogP contribution in [-0.2, 0) is 4.74 Å². The summed E-state index contributed by atoms with van der Waals surface area (Å²) in [5, 5.41) is 8.90. The highest BCUT2D eigenvalue weighted by atomic mass is 32.1. The van der Waals surface area contributed by atoms with Crippen molar-refractivity contribution in [3.05, 3.63) is 0 Å². The molecule has 70 valence electrons. The number of hydrogen-bond acceptors (Lipinski definition) is 4. The monoisotopic (exact) mass is 191 g/mol. The van der Waals surface area contributed by atoms with E-state index in [1.54, 1.807) is 13.8 Å². The molecule has 1 amide bonds. The Kier molecular flexibility index (Phi) is 2.53. The van der Waals surface area contributed by atoms with Crippen LogP contribution in [-0.4, -0.2) is 40.2 Å². The zero-order chi connectivity index (χ0) is 9.35. The number of carbonyl (C=O) groups is 1. The smallest absolute Gasteiger partial charge is 0.411 e. The van der Waals surface area contributed by atoms with Crippen LogP contribution >= 0.6 is 12.6 Å². The van der Waals surface area contributed by atoms with E-state index in [2.05, 4.69) is 12.6 Å². The third-order valence-corrected chi connectivity index (χ3v) is 1.55. The number of amides is 1. The largest absolute Gasteiger partial charge is 0.433 e. The van der Waals surface area contributed by atoms with Crippen molar-refractivity contribution in [2.24, 2.45) is 0 Å². The second-order valence-electron chi connectivity index (χ2n) is 3.37. The van der Waals surface area contributed by atoms with E-state index in [-0.39, 0.29) is 6.10 Å².